The van der Waals surface area contributed by atoms with Gasteiger partial charge in [0.05, 0.1) is 48.4 Å². The molecule has 0 saturated heterocycles. The highest BCUT2D eigenvalue weighted by molar-refractivity contribution is 6.35. The molecule has 0 radical (unpaired) electrons. The standard InChI is InChI=1S/C43H50ClFN6O5/c1-8-49-41-34(35(16-18-38(53)55-6)42(49)43(54)56-7)15-17-36(44)39(41)40-26(2)27(3)46-51(40)19-9-10-31-25-32(50(47-31)21-20-48(4)5)13-11-28-22-29-24-30(45)12-14-33(29)37(52)23-28/h12,14-15,17,22-25,52H,8-11,13,16,18-21H2,1-7H3. The summed E-state index contributed by atoms with van der Waals surface area (Å²) in [6.45, 7) is 8.60. The molecule has 3 aromatic carbocycles. The predicted octanol–water partition coefficient (Wildman–Crippen LogP) is 7.86. The van der Waals surface area contributed by atoms with E-state index >= 15 is 0 Å². The van der Waals surface area contributed by atoms with Gasteiger partial charge in [-0.1, -0.05) is 23.7 Å². The van der Waals surface area contributed by atoms with Crippen molar-refractivity contribution in [1.82, 2.24) is 29.0 Å². The average Bonchev–Trinajstić information content (AvgIpc) is 3.81. The summed E-state index contributed by atoms with van der Waals surface area (Å²) in [5, 5.41) is 23.3. The monoisotopic (exact) mass is 784 g/mol. The van der Waals surface area contributed by atoms with E-state index in [4.69, 9.17) is 31.3 Å². The van der Waals surface area contributed by atoms with Gasteiger partial charge in [-0.3, -0.25) is 14.2 Å². The first-order valence-corrected chi connectivity index (χ1v) is 19.4. The fourth-order valence-electron chi connectivity index (χ4n) is 7.63. The van der Waals surface area contributed by atoms with Gasteiger partial charge in [-0.25, -0.2) is 9.18 Å². The number of ether oxygens (including phenoxy) is 2. The fraction of sp³-hybridized carbons (Fsp3) is 0.395. The maximum Gasteiger partial charge on any atom is 0.354 e. The van der Waals surface area contributed by atoms with Gasteiger partial charge in [0.25, 0.3) is 0 Å². The lowest BCUT2D eigenvalue weighted by Gasteiger charge is -2.15. The number of hydrogen-bond acceptors (Lipinski definition) is 8. The summed E-state index contributed by atoms with van der Waals surface area (Å²) >= 11 is 7.07. The smallest absolute Gasteiger partial charge is 0.354 e. The molecule has 56 heavy (non-hydrogen) atoms. The van der Waals surface area contributed by atoms with Crippen molar-refractivity contribution in [2.75, 3.05) is 34.9 Å². The number of phenolic OH excluding ortho intramolecular Hbond substituents is 1. The molecular weight excluding hydrogens is 735 g/mol. The van der Waals surface area contributed by atoms with Gasteiger partial charge in [-0.2, -0.15) is 10.2 Å². The molecule has 0 spiro atoms. The van der Waals surface area contributed by atoms with Crippen LogP contribution >= 0.6 is 11.6 Å². The molecule has 0 saturated carbocycles. The first-order chi connectivity index (χ1) is 26.8. The number of aromatic hydroxyl groups is 1. The van der Waals surface area contributed by atoms with Crippen molar-refractivity contribution < 1.29 is 28.6 Å². The zero-order valence-electron chi connectivity index (χ0n) is 33.2. The Balaban J connectivity index is 1.29. The molecule has 0 aliphatic carbocycles. The second-order valence-corrected chi connectivity index (χ2v) is 14.9. The zero-order chi connectivity index (χ0) is 40.3. The number of aromatic nitrogens is 5. The van der Waals surface area contributed by atoms with Crippen LogP contribution < -0.4 is 0 Å². The van der Waals surface area contributed by atoms with Crippen LogP contribution in [0.25, 0.3) is 32.9 Å². The van der Waals surface area contributed by atoms with Crippen LogP contribution in [0.3, 0.4) is 0 Å². The van der Waals surface area contributed by atoms with E-state index in [2.05, 4.69) is 15.6 Å². The first-order valence-electron chi connectivity index (χ1n) is 19.0. The van der Waals surface area contributed by atoms with Crippen LogP contribution in [-0.2, 0) is 59.6 Å². The normalized spacial score (nSPS) is 11.7. The number of nitrogens with zero attached hydrogens (tertiary/aromatic N) is 6. The maximum absolute atomic E-state index is 14.0. The molecular formula is C43H50ClFN6O5. The molecule has 0 fully saturated rings. The van der Waals surface area contributed by atoms with Gasteiger partial charge >= 0.3 is 11.9 Å². The third kappa shape index (κ3) is 8.31. The van der Waals surface area contributed by atoms with Crippen LogP contribution in [0, 0.1) is 19.7 Å². The Kier molecular flexibility index (Phi) is 12.5. The van der Waals surface area contributed by atoms with Gasteiger partial charge in [-0.15, -0.1) is 0 Å². The molecule has 6 rings (SSSR count). The molecule has 0 unspecified atom stereocenters. The van der Waals surface area contributed by atoms with Crippen molar-refractivity contribution in [3.63, 3.8) is 0 Å². The first kappa shape index (κ1) is 40.5. The van der Waals surface area contributed by atoms with E-state index in [0.717, 1.165) is 69.9 Å². The maximum atomic E-state index is 14.0. The van der Waals surface area contributed by atoms with Crippen molar-refractivity contribution in [3.8, 4) is 17.0 Å². The fourth-order valence-corrected chi connectivity index (χ4v) is 7.87. The van der Waals surface area contributed by atoms with Crippen molar-refractivity contribution >= 4 is 45.2 Å². The van der Waals surface area contributed by atoms with Crippen LogP contribution in [0.5, 0.6) is 5.75 Å². The Labute approximate surface area is 331 Å². The Bertz CT molecular complexity index is 2410. The van der Waals surface area contributed by atoms with Crippen molar-refractivity contribution in [1.29, 1.82) is 0 Å². The van der Waals surface area contributed by atoms with E-state index < -0.39 is 5.97 Å². The number of methoxy groups -OCH3 is 2. The number of benzene rings is 3. The molecule has 13 heteroatoms. The van der Waals surface area contributed by atoms with Gasteiger partial charge in [0.15, 0.2) is 0 Å². The number of esters is 2. The lowest BCUT2D eigenvalue weighted by Crippen LogP contribution is -2.20. The summed E-state index contributed by atoms with van der Waals surface area (Å²) in [7, 11) is 6.78. The molecule has 6 aromatic rings. The van der Waals surface area contributed by atoms with Crippen LogP contribution in [0.4, 0.5) is 4.39 Å². The minimum absolute atomic E-state index is 0.109. The Hall–Kier alpha value is -5.20. The van der Waals surface area contributed by atoms with E-state index in [-0.39, 0.29) is 24.0 Å². The molecule has 296 valence electrons. The molecule has 3 heterocycles. The number of hydrogen-bond donors (Lipinski definition) is 1. The molecule has 0 atom stereocenters. The van der Waals surface area contributed by atoms with Gasteiger partial charge in [-0.05, 0) is 125 Å². The summed E-state index contributed by atoms with van der Waals surface area (Å²) < 4.78 is 30.1. The SMILES string of the molecule is CCn1c(C(=O)OC)c(CCC(=O)OC)c2ccc(Cl)c(-c3c(C)c(C)nn3CCCc3cc(CCc4cc(O)c5ccc(F)cc5c4)n(CCN(C)C)n3)c21. The summed E-state index contributed by atoms with van der Waals surface area (Å²) in [5.41, 5.74) is 8.40. The van der Waals surface area contributed by atoms with E-state index in [9.17, 15) is 19.1 Å². The van der Waals surface area contributed by atoms with E-state index in [1.165, 1.54) is 26.4 Å². The van der Waals surface area contributed by atoms with E-state index in [1.54, 1.807) is 12.1 Å². The van der Waals surface area contributed by atoms with Crippen molar-refractivity contribution in [3.05, 3.63) is 98.8 Å². The number of carbonyl (C=O) groups excluding carboxylic acids is 2. The second-order valence-electron chi connectivity index (χ2n) is 14.5. The number of halogens is 2. The highest BCUT2D eigenvalue weighted by atomic mass is 35.5. The quantitative estimate of drug-likeness (QED) is 0.0987. The topological polar surface area (TPSA) is 117 Å². The third-order valence-electron chi connectivity index (χ3n) is 10.5. The molecule has 3 aromatic heterocycles. The molecule has 11 nitrogen and oxygen atoms in total. The van der Waals surface area contributed by atoms with Crippen molar-refractivity contribution in [2.24, 2.45) is 0 Å². The Morgan fingerprint density at radius 1 is 0.911 bits per heavy atom. The number of carbonyl (C=O) groups is 2. The largest absolute Gasteiger partial charge is 0.507 e. The Morgan fingerprint density at radius 2 is 1.68 bits per heavy atom. The summed E-state index contributed by atoms with van der Waals surface area (Å²) in [4.78, 5) is 27.6. The summed E-state index contributed by atoms with van der Waals surface area (Å²) in [6.07, 6.45) is 3.24. The predicted molar refractivity (Wildman–Crippen MR) is 217 cm³/mol. The molecule has 0 bridgehead atoms. The van der Waals surface area contributed by atoms with Crippen LogP contribution in [-0.4, -0.2) is 80.9 Å². The van der Waals surface area contributed by atoms with Crippen LogP contribution in [0.2, 0.25) is 5.02 Å². The molecule has 0 aliphatic rings. The summed E-state index contributed by atoms with van der Waals surface area (Å²) in [5.74, 6) is -1.04. The number of aryl methyl sites for hydroxylation is 7. The van der Waals surface area contributed by atoms with Crippen molar-refractivity contribution in [2.45, 2.75) is 78.9 Å². The minimum Gasteiger partial charge on any atom is -0.507 e. The lowest BCUT2D eigenvalue weighted by atomic mass is 10.00. The molecule has 1 N–H and O–H groups in total. The highest BCUT2D eigenvalue weighted by Crippen LogP contribution is 2.42. The molecule has 0 amide bonds. The lowest BCUT2D eigenvalue weighted by molar-refractivity contribution is -0.140. The number of likely N-dealkylation sites (N-methyl/N-ethyl adjacent to an activating group) is 1. The average molecular weight is 785 g/mol. The summed E-state index contributed by atoms with van der Waals surface area (Å²) in [6, 6.07) is 14.0. The number of phenols is 1. The second kappa shape index (κ2) is 17.3. The van der Waals surface area contributed by atoms with Crippen LogP contribution in [0.15, 0.2) is 48.5 Å². The van der Waals surface area contributed by atoms with E-state index in [0.29, 0.717) is 65.8 Å². The van der Waals surface area contributed by atoms with Gasteiger partial charge in [0.1, 0.15) is 17.3 Å². The third-order valence-corrected chi connectivity index (χ3v) is 10.9. The highest BCUT2D eigenvalue weighted by Gasteiger charge is 2.28. The Morgan fingerprint density at radius 3 is 2.39 bits per heavy atom. The molecule has 0 aliphatic heterocycles. The van der Waals surface area contributed by atoms with Gasteiger partial charge in [0.2, 0.25) is 0 Å². The number of fused-ring (bicyclic) bond motifs is 2. The van der Waals surface area contributed by atoms with Gasteiger partial charge < -0.3 is 24.0 Å². The van der Waals surface area contributed by atoms with Crippen LogP contribution in [0.1, 0.15) is 64.0 Å². The zero-order valence-corrected chi connectivity index (χ0v) is 34.0. The number of rotatable bonds is 16. The van der Waals surface area contributed by atoms with Gasteiger partial charge in [0, 0.05) is 48.1 Å². The van der Waals surface area contributed by atoms with E-state index in [1.807, 2.05) is 62.3 Å². The minimum atomic E-state index is -0.485.